The molecule has 0 saturated carbocycles. The number of hydrogen-bond donors (Lipinski definition) is 2. The molecule has 7 rings (SSSR count). The van der Waals surface area contributed by atoms with Crippen LogP contribution in [0.4, 0.5) is 10.5 Å². The minimum atomic E-state index is -4.16. The number of Topliss-reactive ketones (excluding diaryl/α,β-unsaturated/α-hetero) is 1. The highest BCUT2D eigenvalue weighted by atomic mass is 32.2. The number of para-hydroxylation sites is 1. The molecule has 4 aromatic rings. The van der Waals surface area contributed by atoms with Crippen molar-refractivity contribution in [1.29, 1.82) is 0 Å². The van der Waals surface area contributed by atoms with Gasteiger partial charge in [0.15, 0.2) is 18.2 Å². The van der Waals surface area contributed by atoms with Gasteiger partial charge in [0.1, 0.15) is 17.6 Å². The number of anilines is 1. The summed E-state index contributed by atoms with van der Waals surface area (Å²) in [6.07, 6.45) is -4.34. The maximum absolute atomic E-state index is 14.4. The molecule has 20 heteroatoms. The fourth-order valence-electron chi connectivity index (χ4n) is 8.62. The number of sulfonamides is 1. The summed E-state index contributed by atoms with van der Waals surface area (Å²) >= 11 is 0. The van der Waals surface area contributed by atoms with E-state index in [0.717, 1.165) is 5.69 Å². The van der Waals surface area contributed by atoms with Gasteiger partial charge in [-0.05, 0) is 86.7 Å². The van der Waals surface area contributed by atoms with Gasteiger partial charge in [-0.25, -0.2) is 22.6 Å². The Morgan fingerprint density at radius 2 is 1.54 bits per heavy atom. The summed E-state index contributed by atoms with van der Waals surface area (Å²) in [7, 11) is -8.27. The molecule has 0 aliphatic carbocycles. The lowest BCUT2D eigenvalue weighted by atomic mass is 10.0. The summed E-state index contributed by atoms with van der Waals surface area (Å²) < 4.78 is 83.5. The van der Waals surface area contributed by atoms with Crippen molar-refractivity contribution in [1.82, 2.24) is 14.5 Å². The first-order chi connectivity index (χ1) is 34.1. The van der Waals surface area contributed by atoms with E-state index in [2.05, 4.69) is 15.1 Å². The summed E-state index contributed by atoms with van der Waals surface area (Å²) in [5, 5.41) is 14.8. The van der Waals surface area contributed by atoms with Crippen molar-refractivity contribution in [3.63, 3.8) is 0 Å². The van der Waals surface area contributed by atoms with E-state index in [1.807, 2.05) is 44.2 Å². The number of carbonyl (C=O) groups is 3. The van der Waals surface area contributed by atoms with Gasteiger partial charge in [0, 0.05) is 50.5 Å². The molecule has 3 fully saturated rings. The number of hydrogen-bond acceptors (Lipinski definition) is 16. The zero-order valence-corrected chi connectivity index (χ0v) is 42.3. The molecule has 0 bridgehead atoms. The lowest BCUT2D eigenvalue weighted by Gasteiger charge is -2.36. The lowest BCUT2D eigenvalue weighted by Crippen LogP contribution is -2.51. The maximum atomic E-state index is 14.4. The van der Waals surface area contributed by atoms with Gasteiger partial charge in [0.25, 0.3) is 0 Å². The van der Waals surface area contributed by atoms with Crippen molar-refractivity contribution < 1.29 is 65.2 Å². The van der Waals surface area contributed by atoms with Crippen molar-refractivity contribution in [2.24, 2.45) is 11.8 Å². The summed E-state index contributed by atoms with van der Waals surface area (Å²) in [5.74, 6) is -0.394. The normalized spacial score (nSPS) is 20.4. The standard InChI is InChI=1S/C51H65N4O14PS/c1-5-63-49(58)37(4)68-70(60,69-42-14-10-7-11-15-42)35-66-41-20-16-38(17-21-41)30-45(52-51(59)67-48-34-65-50-44(48)24-29-64-50)47(57)33-55(31-36(2)3)71(61,62)43-22-18-40(19-23-43)54-27-25-53(26-28-54)32-46(56)39-12-8-6-9-13-39/h6-23,36-37,44-45,47-48,50,57H,5,24-35H2,1-4H3,(H,52,59)/t37-,44-,45-,47+,48-,50+,70?/m0/s1. The van der Waals surface area contributed by atoms with Crippen molar-refractivity contribution in [2.45, 2.75) is 76.1 Å². The van der Waals surface area contributed by atoms with Gasteiger partial charge >= 0.3 is 19.7 Å². The average molecular weight is 1020 g/mol. The van der Waals surface area contributed by atoms with Gasteiger partial charge in [0.2, 0.25) is 16.4 Å². The van der Waals surface area contributed by atoms with Gasteiger partial charge in [-0.15, -0.1) is 0 Å². The number of aliphatic hydroxyl groups is 1. The van der Waals surface area contributed by atoms with Crippen LogP contribution in [0.3, 0.4) is 0 Å². The Bertz CT molecular complexity index is 2520. The number of nitrogens with zero attached hydrogens (tertiary/aromatic N) is 3. The molecule has 384 valence electrons. The second-order valence-electron chi connectivity index (χ2n) is 18.2. The molecule has 3 saturated heterocycles. The molecule has 2 N–H and O–H groups in total. The summed E-state index contributed by atoms with van der Waals surface area (Å²) in [6, 6.07) is 29.8. The minimum absolute atomic E-state index is 0.0423. The Labute approximate surface area is 416 Å². The third kappa shape index (κ3) is 14.9. The van der Waals surface area contributed by atoms with Crippen LogP contribution in [0.25, 0.3) is 0 Å². The van der Waals surface area contributed by atoms with Crippen molar-refractivity contribution >= 4 is 41.2 Å². The Hall–Kier alpha value is -5.37. The molecular weight excluding hydrogens is 956 g/mol. The molecule has 7 atom stereocenters. The topological polar surface area (TPSA) is 209 Å². The number of aliphatic hydroxyl groups excluding tert-OH is 1. The summed E-state index contributed by atoms with van der Waals surface area (Å²) in [6.45, 7) is 10.3. The van der Waals surface area contributed by atoms with E-state index < -0.39 is 66.7 Å². The molecule has 0 radical (unpaired) electrons. The Kier molecular flexibility index (Phi) is 18.7. The highest BCUT2D eigenvalue weighted by molar-refractivity contribution is 7.89. The molecule has 0 aromatic heterocycles. The molecule has 1 unspecified atom stereocenters. The number of nitrogens with one attached hydrogen (secondary N) is 1. The van der Waals surface area contributed by atoms with Crippen LogP contribution in [0.5, 0.6) is 11.5 Å². The van der Waals surface area contributed by atoms with Crippen LogP contribution < -0.4 is 19.5 Å². The number of esters is 1. The third-order valence-electron chi connectivity index (χ3n) is 12.3. The predicted octanol–water partition coefficient (Wildman–Crippen LogP) is 6.37. The van der Waals surface area contributed by atoms with Gasteiger partial charge in [-0.3, -0.25) is 14.2 Å². The molecule has 3 aliphatic rings. The predicted molar refractivity (Wildman–Crippen MR) is 264 cm³/mol. The number of alkyl carbamates (subject to hydrolysis) is 1. The first kappa shape index (κ1) is 53.4. The van der Waals surface area contributed by atoms with Gasteiger partial charge < -0.3 is 43.5 Å². The number of rotatable bonds is 24. The quantitative estimate of drug-likeness (QED) is 0.0444. The van der Waals surface area contributed by atoms with Crippen LogP contribution in [0, 0.1) is 11.8 Å². The summed E-state index contributed by atoms with van der Waals surface area (Å²) in [4.78, 5) is 43.1. The zero-order valence-electron chi connectivity index (χ0n) is 40.6. The molecule has 4 aromatic carbocycles. The number of ether oxygens (including phenoxy) is 5. The number of benzene rings is 4. The van der Waals surface area contributed by atoms with E-state index in [0.29, 0.717) is 56.9 Å². The highest BCUT2D eigenvalue weighted by Gasteiger charge is 2.44. The zero-order chi connectivity index (χ0) is 50.5. The first-order valence-corrected chi connectivity index (χ1v) is 27.2. The van der Waals surface area contributed by atoms with Gasteiger partial charge in [0.05, 0.1) is 49.3 Å². The number of piperazine rings is 1. The van der Waals surface area contributed by atoms with E-state index >= 15 is 0 Å². The minimum Gasteiger partial charge on any atom is -0.480 e. The van der Waals surface area contributed by atoms with E-state index in [-0.39, 0.29) is 66.7 Å². The molecule has 0 spiro atoms. The van der Waals surface area contributed by atoms with Crippen LogP contribution in [-0.2, 0) is 49.3 Å². The number of amides is 1. The molecule has 71 heavy (non-hydrogen) atoms. The highest BCUT2D eigenvalue weighted by Crippen LogP contribution is 2.49. The van der Waals surface area contributed by atoms with Gasteiger partial charge in [-0.2, -0.15) is 4.31 Å². The van der Waals surface area contributed by atoms with Crippen LogP contribution in [0.15, 0.2) is 114 Å². The monoisotopic (exact) mass is 1020 g/mol. The SMILES string of the molecule is CCOC(=O)[C@H](C)OP(=O)(COc1ccc(C[C@H](NC(=O)O[C@H]2CO[C@H]3OCC[C@H]32)[C@H](O)CN(CC(C)C)S(=O)(=O)c2ccc(N3CCN(CC(=O)c4ccccc4)CC3)cc2)cc1)Oc1ccccc1. The molecule has 18 nitrogen and oxygen atoms in total. The molecule has 1 amide bonds. The van der Waals surface area contributed by atoms with E-state index in [9.17, 15) is 32.5 Å². The number of fused-ring (bicyclic) bond motifs is 1. The summed E-state index contributed by atoms with van der Waals surface area (Å²) in [5.41, 5.74) is 2.16. The van der Waals surface area contributed by atoms with Gasteiger partial charge in [-0.1, -0.05) is 74.5 Å². The Morgan fingerprint density at radius 3 is 2.20 bits per heavy atom. The smallest absolute Gasteiger partial charge is 0.417 e. The Balaban J connectivity index is 1.03. The van der Waals surface area contributed by atoms with Crippen molar-refractivity contribution in [2.75, 3.05) is 76.9 Å². The van der Waals surface area contributed by atoms with E-state index in [1.165, 1.54) is 11.2 Å². The third-order valence-corrected chi connectivity index (χ3v) is 15.8. The van der Waals surface area contributed by atoms with E-state index in [1.54, 1.807) is 85.8 Å². The second-order valence-corrected chi connectivity index (χ2v) is 22.0. The van der Waals surface area contributed by atoms with Crippen LogP contribution >= 0.6 is 7.60 Å². The van der Waals surface area contributed by atoms with Crippen LogP contribution in [-0.4, -0.2) is 143 Å². The largest absolute Gasteiger partial charge is 0.480 e. The fraction of sp³-hybridized carbons (Fsp3) is 0.471. The molecule has 3 heterocycles. The maximum Gasteiger partial charge on any atom is 0.417 e. The van der Waals surface area contributed by atoms with E-state index in [4.69, 9.17) is 32.7 Å². The van der Waals surface area contributed by atoms with Crippen LogP contribution in [0.2, 0.25) is 0 Å². The second kappa shape index (κ2) is 24.8. The van der Waals surface area contributed by atoms with Crippen molar-refractivity contribution in [3.8, 4) is 11.5 Å². The van der Waals surface area contributed by atoms with Crippen LogP contribution in [0.1, 0.15) is 50.0 Å². The number of ketones is 1. The van der Waals surface area contributed by atoms with Crippen molar-refractivity contribution in [3.05, 3.63) is 120 Å². The molecular formula is C51H65N4O14PS. The first-order valence-electron chi connectivity index (χ1n) is 24.0. The molecule has 3 aliphatic heterocycles. The Morgan fingerprint density at radius 1 is 0.859 bits per heavy atom. The fourth-order valence-corrected chi connectivity index (χ4v) is 11.7. The number of carbonyl (C=O) groups excluding carboxylic acids is 3. The average Bonchev–Trinajstić information content (AvgIpc) is 3.99. The lowest BCUT2D eigenvalue weighted by molar-refractivity contribution is -0.150.